The van der Waals surface area contributed by atoms with Gasteiger partial charge in [-0.25, -0.2) is 0 Å². The van der Waals surface area contributed by atoms with Gasteiger partial charge in [0.1, 0.15) is 47.3 Å². The highest BCUT2D eigenvalue weighted by Gasteiger charge is 2.35. The van der Waals surface area contributed by atoms with E-state index < -0.39 is 0 Å². The summed E-state index contributed by atoms with van der Waals surface area (Å²) in [5, 5.41) is 36.9. The molecule has 0 amide bonds. The topological polar surface area (TPSA) is 114 Å². The van der Waals surface area contributed by atoms with Gasteiger partial charge < -0.3 is 9.47 Å². The third-order valence-corrected chi connectivity index (χ3v) is 7.46. The third kappa shape index (κ3) is 5.21. The molecule has 40 heavy (non-hydrogen) atoms. The van der Waals surface area contributed by atoms with Crippen molar-refractivity contribution >= 4 is 0 Å². The van der Waals surface area contributed by atoms with Gasteiger partial charge >= 0.3 is 0 Å². The molecule has 4 aromatic rings. The lowest BCUT2D eigenvalue weighted by Gasteiger charge is -2.38. The standard InChI is InChI=1S/C34H24N4O2/c35-20-24-4-10-32(18-26(24)22-37)39-30-12-6-28(7-13-30)34(16-2-1-3-17-34)29-8-14-31(15-9-29)40-33-11-5-25(21-36)27(19-33)23-38/h4-15,18-19H,1-3,16-17H2. The summed E-state index contributed by atoms with van der Waals surface area (Å²) in [6.07, 6.45) is 5.57. The van der Waals surface area contributed by atoms with Crippen LogP contribution >= 0.6 is 0 Å². The van der Waals surface area contributed by atoms with Gasteiger partial charge in [-0.15, -0.1) is 0 Å². The van der Waals surface area contributed by atoms with Crippen LogP contribution < -0.4 is 9.47 Å². The molecule has 4 aromatic carbocycles. The summed E-state index contributed by atoms with van der Waals surface area (Å²) in [5.41, 5.74) is 3.53. The fourth-order valence-electron chi connectivity index (χ4n) is 5.41. The molecule has 0 aliphatic heterocycles. The predicted octanol–water partition coefficient (Wildman–Crippen LogP) is 8.01. The van der Waals surface area contributed by atoms with Crippen molar-refractivity contribution in [2.24, 2.45) is 0 Å². The minimum atomic E-state index is -0.125. The Morgan fingerprint density at radius 1 is 0.450 bits per heavy atom. The highest BCUT2D eigenvalue weighted by atomic mass is 16.5. The summed E-state index contributed by atoms with van der Waals surface area (Å²) in [7, 11) is 0. The molecule has 1 aliphatic rings. The first-order chi connectivity index (χ1) is 19.6. The second kappa shape index (κ2) is 11.4. The smallest absolute Gasteiger partial charge is 0.128 e. The van der Waals surface area contributed by atoms with Crippen LogP contribution in [0.2, 0.25) is 0 Å². The quantitative estimate of drug-likeness (QED) is 0.254. The van der Waals surface area contributed by atoms with E-state index in [-0.39, 0.29) is 16.5 Å². The van der Waals surface area contributed by atoms with E-state index in [0.29, 0.717) is 34.1 Å². The van der Waals surface area contributed by atoms with Gasteiger partial charge in [0.15, 0.2) is 0 Å². The maximum Gasteiger partial charge on any atom is 0.128 e. The van der Waals surface area contributed by atoms with Crippen LogP contribution in [0.3, 0.4) is 0 Å². The first-order valence-corrected chi connectivity index (χ1v) is 13.0. The lowest BCUT2D eigenvalue weighted by molar-refractivity contribution is 0.345. The fourth-order valence-corrected chi connectivity index (χ4v) is 5.41. The molecular weight excluding hydrogens is 496 g/mol. The molecule has 0 aromatic heterocycles. The molecule has 192 valence electrons. The largest absolute Gasteiger partial charge is 0.457 e. The van der Waals surface area contributed by atoms with Crippen LogP contribution in [-0.4, -0.2) is 0 Å². The number of benzene rings is 4. The second-order valence-electron chi connectivity index (χ2n) is 9.76. The zero-order valence-electron chi connectivity index (χ0n) is 21.7. The molecule has 1 saturated carbocycles. The van der Waals surface area contributed by atoms with Crippen LogP contribution in [-0.2, 0) is 5.41 Å². The Labute approximate surface area is 233 Å². The molecule has 1 fully saturated rings. The Morgan fingerprint density at radius 2 is 0.825 bits per heavy atom. The molecule has 0 spiro atoms. The number of nitriles is 4. The van der Waals surface area contributed by atoms with Crippen molar-refractivity contribution in [2.45, 2.75) is 37.5 Å². The van der Waals surface area contributed by atoms with Gasteiger partial charge in [0.05, 0.1) is 22.3 Å². The van der Waals surface area contributed by atoms with Crippen LogP contribution in [0.5, 0.6) is 23.0 Å². The Balaban J connectivity index is 1.38. The first-order valence-electron chi connectivity index (χ1n) is 13.0. The number of hydrogen-bond donors (Lipinski definition) is 0. The van der Waals surface area contributed by atoms with Crippen molar-refractivity contribution in [1.29, 1.82) is 21.0 Å². The SMILES string of the molecule is N#Cc1ccc(Oc2ccc(C3(c4ccc(Oc5ccc(C#N)c(C#N)c5)cc4)CCCCC3)cc2)cc1C#N. The highest BCUT2D eigenvalue weighted by Crippen LogP contribution is 2.46. The summed E-state index contributed by atoms with van der Waals surface area (Å²) < 4.78 is 12.0. The van der Waals surface area contributed by atoms with Gasteiger partial charge in [0.2, 0.25) is 0 Å². The Kier molecular flexibility index (Phi) is 7.46. The van der Waals surface area contributed by atoms with E-state index in [4.69, 9.17) is 20.0 Å². The van der Waals surface area contributed by atoms with Crippen molar-refractivity contribution in [3.63, 3.8) is 0 Å². The molecule has 6 heteroatoms. The molecule has 0 unspecified atom stereocenters. The van der Waals surface area contributed by atoms with Crippen LogP contribution in [0.4, 0.5) is 0 Å². The number of ether oxygens (including phenoxy) is 2. The molecule has 0 atom stereocenters. The van der Waals surface area contributed by atoms with E-state index in [2.05, 4.69) is 24.3 Å². The lowest BCUT2D eigenvalue weighted by atomic mass is 9.65. The monoisotopic (exact) mass is 520 g/mol. The van der Waals surface area contributed by atoms with E-state index in [0.717, 1.165) is 25.7 Å². The molecular formula is C34H24N4O2. The number of nitrogens with zero attached hydrogens (tertiary/aromatic N) is 4. The zero-order chi connectivity index (χ0) is 28.0. The minimum Gasteiger partial charge on any atom is -0.457 e. The van der Waals surface area contributed by atoms with Crippen LogP contribution in [0.15, 0.2) is 84.9 Å². The summed E-state index contributed by atoms with van der Waals surface area (Å²) in [5.74, 6) is 2.34. The number of rotatable bonds is 6. The molecule has 0 radical (unpaired) electrons. The van der Waals surface area contributed by atoms with Crippen molar-refractivity contribution in [3.8, 4) is 47.3 Å². The van der Waals surface area contributed by atoms with Gasteiger partial charge in [-0.05, 0) is 84.6 Å². The van der Waals surface area contributed by atoms with Gasteiger partial charge in [0.25, 0.3) is 0 Å². The van der Waals surface area contributed by atoms with E-state index in [1.54, 1.807) is 36.4 Å². The number of hydrogen-bond acceptors (Lipinski definition) is 6. The fraction of sp³-hybridized carbons (Fsp3) is 0.176. The normalized spacial score (nSPS) is 13.6. The molecule has 6 nitrogen and oxygen atoms in total. The van der Waals surface area contributed by atoms with Crippen molar-refractivity contribution in [3.05, 3.63) is 118 Å². The average Bonchev–Trinajstić information content (AvgIpc) is 3.02. The third-order valence-electron chi connectivity index (χ3n) is 7.46. The van der Waals surface area contributed by atoms with Gasteiger partial charge in [-0.2, -0.15) is 21.0 Å². The van der Waals surface area contributed by atoms with Crippen molar-refractivity contribution in [2.75, 3.05) is 0 Å². The molecule has 5 rings (SSSR count). The van der Waals surface area contributed by atoms with Crippen LogP contribution in [0, 0.1) is 45.3 Å². The summed E-state index contributed by atoms with van der Waals surface area (Å²) in [4.78, 5) is 0. The van der Waals surface area contributed by atoms with Crippen molar-refractivity contribution in [1.82, 2.24) is 0 Å². The Bertz CT molecular complexity index is 1580. The maximum absolute atomic E-state index is 9.30. The Morgan fingerprint density at radius 3 is 1.20 bits per heavy atom. The van der Waals surface area contributed by atoms with Gasteiger partial charge in [0, 0.05) is 5.41 Å². The average molecular weight is 521 g/mol. The van der Waals surface area contributed by atoms with Crippen molar-refractivity contribution < 1.29 is 9.47 Å². The van der Waals surface area contributed by atoms with Gasteiger partial charge in [-0.1, -0.05) is 43.5 Å². The summed E-state index contributed by atoms with van der Waals surface area (Å²) in [6.45, 7) is 0. The van der Waals surface area contributed by atoms with E-state index >= 15 is 0 Å². The van der Waals surface area contributed by atoms with E-state index in [1.807, 2.05) is 48.5 Å². The minimum absolute atomic E-state index is 0.125. The lowest BCUT2D eigenvalue weighted by Crippen LogP contribution is -2.30. The first kappa shape index (κ1) is 26.1. The van der Waals surface area contributed by atoms with Gasteiger partial charge in [-0.3, -0.25) is 0 Å². The molecule has 0 bridgehead atoms. The molecule has 0 heterocycles. The van der Waals surface area contributed by atoms with E-state index in [9.17, 15) is 10.5 Å². The Hall–Kier alpha value is -5.56. The summed E-state index contributed by atoms with van der Waals surface area (Å²) in [6, 6.07) is 34.1. The molecule has 1 aliphatic carbocycles. The predicted molar refractivity (Wildman–Crippen MR) is 149 cm³/mol. The molecule has 0 N–H and O–H groups in total. The maximum atomic E-state index is 9.30. The van der Waals surface area contributed by atoms with E-state index in [1.165, 1.54) is 17.5 Å². The zero-order valence-corrected chi connectivity index (χ0v) is 21.7. The van der Waals surface area contributed by atoms with Crippen LogP contribution in [0.1, 0.15) is 65.5 Å². The van der Waals surface area contributed by atoms with Crippen LogP contribution in [0.25, 0.3) is 0 Å². The second-order valence-corrected chi connectivity index (χ2v) is 9.76. The summed E-state index contributed by atoms with van der Waals surface area (Å²) >= 11 is 0. The molecule has 0 saturated heterocycles. The highest BCUT2D eigenvalue weighted by molar-refractivity contribution is 5.52.